The van der Waals surface area contributed by atoms with Gasteiger partial charge in [-0.15, -0.1) is 0 Å². The van der Waals surface area contributed by atoms with Gasteiger partial charge in [-0.25, -0.2) is 8.78 Å². The fourth-order valence-corrected chi connectivity index (χ4v) is 3.00. The molecule has 1 atom stereocenters. The second-order valence-corrected chi connectivity index (χ2v) is 4.72. The van der Waals surface area contributed by atoms with E-state index in [1.54, 1.807) is 0 Å². The lowest BCUT2D eigenvalue weighted by molar-refractivity contribution is 0.495. The molecule has 0 aromatic heterocycles. The summed E-state index contributed by atoms with van der Waals surface area (Å²) in [5.74, 6) is -1.29. The van der Waals surface area contributed by atoms with E-state index >= 15 is 0 Å². The van der Waals surface area contributed by atoms with Crippen molar-refractivity contribution < 1.29 is 8.78 Å². The maximum atomic E-state index is 13.6. The number of rotatable bonds is 1. The van der Waals surface area contributed by atoms with E-state index in [-0.39, 0.29) is 6.04 Å². The van der Waals surface area contributed by atoms with E-state index in [0.29, 0.717) is 12.0 Å². The zero-order valence-electron chi connectivity index (χ0n) is 9.15. The number of hydrogen-bond donors (Lipinski definition) is 1. The highest BCUT2D eigenvalue weighted by atomic mass is 19.2. The van der Waals surface area contributed by atoms with E-state index in [1.165, 1.54) is 6.07 Å². The van der Waals surface area contributed by atoms with E-state index in [9.17, 15) is 8.78 Å². The molecule has 1 fully saturated rings. The Balaban J connectivity index is 2.11. The molecule has 1 aromatic rings. The Bertz CT molecular complexity index is 422. The van der Waals surface area contributed by atoms with Crippen molar-refractivity contribution in [2.75, 3.05) is 6.54 Å². The molecule has 3 heteroatoms. The number of hydrogen-bond acceptors (Lipinski definition) is 1. The van der Waals surface area contributed by atoms with Crippen molar-refractivity contribution in [1.29, 1.82) is 0 Å². The van der Waals surface area contributed by atoms with Crippen LogP contribution in [-0.2, 0) is 12.8 Å². The van der Waals surface area contributed by atoms with E-state index in [1.807, 2.05) is 0 Å². The molecule has 0 amide bonds. The molecule has 0 saturated carbocycles. The van der Waals surface area contributed by atoms with Crippen molar-refractivity contribution in [2.24, 2.45) is 0 Å². The second kappa shape index (κ2) is 3.81. The van der Waals surface area contributed by atoms with Crippen LogP contribution >= 0.6 is 0 Å². The van der Waals surface area contributed by atoms with Crippen molar-refractivity contribution in [3.8, 4) is 0 Å². The van der Waals surface area contributed by atoms with Gasteiger partial charge in [0.25, 0.3) is 0 Å². The van der Waals surface area contributed by atoms with Crippen LogP contribution in [0.3, 0.4) is 0 Å². The van der Waals surface area contributed by atoms with Crippen molar-refractivity contribution in [3.63, 3.8) is 0 Å². The number of fused-ring (bicyclic) bond motifs is 1. The fourth-order valence-electron chi connectivity index (χ4n) is 3.00. The minimum absolute atomic E-state index is 0.238. The SMILES string of the molecule is Fc1cc([C@@H]2CCCN2)c2c(c1F)CCC2. The van der Waals surface area contributed by atoms with E-state index < -0.39 is 11.6 Å². The quantitative estimate of drug-likeness (QED) is 0.772. The Hall–Kier alpha value is -0.960. The van der Waals surface area contributed by atoms with Crippen LogP contribution in [0.4, 0.5) is 8.78 Å². The molecule has 16 heavy (non-hydrogen) atoms. The highest BCUT2D eigenvalue weighted by molar-refractivity contribution is 5.42. The van der Waals surface area contributed by atoms with Crippen LogP contribution in [0.25, 0.3) is 0 Å². The lowest BCUT2D eigenvalue weighted by atomic mass is 9.95. The number of nitrogens with one attached hydrogen (secondary N) is 1. The molecular weight excluding hydrogens is 208 g/mol. The van der Waals surface area contributed by atoms with E-state index in [4.69, 9.17) is 0 Å². The van der Waals surface area contributed by atoms with Gasteiger partial charge in [-0.3, -0.25) is 0 Å². The van der Waals surface area contributed by atoms with Crippen molar-refractivity contribution in [1.82, 2.24) is 5.32 Å². The van der Waals surface area contributed by atoms with Gasteiger partial charge in [0.15, 0.2) is 11.6 Å². The van der Waals surface area contributed by atoms with Gasteiger partial charge in [-0.05, 0) is 61.4 Å². The van der Waals surface area contributed by atoms with Crippen LogP contribution in [0.5, 0.6) is 0 Å². The second-order valence-electron chi connectivity index (χ2n) is 4.72. The third-order valence-electron chi connectivity index (χ3n) is 3.76. The molecule has 1 aliphatic heterocycles. The van der Waals surface area contributed by atoms with Gasteiger partial charge >= 0.3 is 0 Å². The number of halogens is 2. The van der Waals surface area contributed by atoms with Crippen LogP contribution in [0.1, 0.15) is 42.0 Å². The summed E-state index contributed by atoms with van der Waals surface area (Å²) in [5, 5.41) is 3.36. The molecule has 1 saturated heterocycles. The molecule has 1 N–H and O–H groups in total. The predicted octanol–water partition coefficient (Wildman–Crippen LogP) is 2.88. The summed E-state index contributed by atoms with van der Waals surface area (Å²) in [6.45, 7) is 0.985. The van der Waals surface area contributed by atoms with E-state index in [2.05, 4.69) is 5.32 Å². The zero-order chi connectivity index (χ0) is 11.1. The van der Waals surface area contributed by atoms with Gasteiger partial charge in [-0.2, -0.15) is 0 Å². The van der Waals surface area contributed by atoms with Crippen molar-refractivity contribution in [3.05, 3.63) is 34.4 Å². The summed E-state index contributed by atoms with van der Waals surface area (Å²) in [4.78, 5) is 0. The molecule has 1 aliphatic carbocycles. The summed E-state index contributed by atoms with van der Waals surface area (Å²) in [6, 6.07) is 1.64. The maximum Gasteiger partial charge on any atom is 0.162 e. The third-order valence-corrected chi connectivity index (χ3v) is 3.76. The van der Waals surface area contributed by atoms with Gasteiger partial charge in [0.05, 0.1) is 0 Å². The third kappa shape index (κ3) is 1.46. The van der Waals surface area contributed by atoms with Crippen LogP contribution < -0.4 is 5.32 Å². The molecule has 1 nitrogen and oxygen atoms in total. The minimum Gasteiger partial charge on any atom is -0.310 e. The first-order chi connectivity index (χ1) is 7.77. The Morgan fingerprint density at radius 2 is 1.94 bits per heavy atom. The molecule has 1 heterocycles. The van der Waals surface area contributed by atoms with Gasteiger partial charge in [0.2, 0.25) is 0 Å². The molecule has 0 radical (unpaired) electrons. The first-order valence-electron chi connectivity index (χ1n) is 6.00. The molecule has 86 valence electrons. The monoisotopic (exact) mass is 223 g/mol. The summed E-state index contributed by atoms with van der Waals surface area (Å²) >= 11 is 0. The van der Waals surface area contributed by atoms with Crippen LogP contribution in [0.15, 0.2) is 6.07 Å². The molecule has 2 aliphatic rings. The van der Waals surface area contributed by atoms with Gasteiger partial charge in [-0.1, -0.05) is 0 Å². The average molecular weight is 223 g/mol. The maximum absolute atomic E-state index is 13.6. The fraction of sp³-hybridized carbons (Fsp3) is 0.538. The largest absolute Gasteiger partial charge is 0.310 e. The Labute approximate surface area is 93.9 Å². The predicted molar refractivity (Wildman–Crippen MR) is 58.4 cm³/mol. The summed E-state index contributed by atoms with van der Waals surface area (Å²) in [6.07, 6.45) is 4.71. The smallest absolute Gasteiger partial charge is 0.162 e. The molecule has 3 rings (SSSR count). The Kier molecular flexibility index (Phi) is 2.43. The highest BCUT2D eigenvalue weighted by Crippen LogP contribution is 2.35. The standard InChI is InChI=1S/C13H15F2N/c14-11-7-10(12-5-2-6-16-12)8-3-1-4-9(8)13(11)15/h7,12,16H,1-6H2/t12-/m0/s1. The van der Waals surface area contributed by atoms with Crippen molar-refractivity contribution >= 4 is 0 Å². The Morgan fingerprint density at radius 3 is 2.69 bits per heavy atom. The first kappa shape index (κ1) is 10.2. The van der Waals surface area contributed by atoms with Crippen LogP contribution in [-0.4, -0.2) is 6.54 Å². The van der Waals surface area contributed by atoms with Gasteiger partial charge in [0, 0.05) is 6.04 Å². The van der Waals surface area contributed by atoms with Gasteiger partial charge in [0.1, 0.15) is 0 Å². The van der Waals surface area contributed by atoms with Crippen molar-refractivity contribution in [2.45, 2.75) is 38.1 Å². The summed E-state index contributed by atoms with van der Waals surface area (Å²) < 4.78 is 27.1. The summed E-state index contributed by atoms with van der Waals surface area (Å²) in [7, 11) is 0. The normalized spacial score (nSPS) is 23.8. The topological polar surface area (TPSA) is 12.0 Å². The zero-order valence-corrected chi connectivity index (χ0v) is 9.15. The molecule has 0 spiro atoms. The van der Waals surface area contributed by atoms with Crippen LogP contribution in [0.2, 0.25) is 0 Å². The minimum atomic E-state index is -0.677. The first-order valence-corrected chi connectivity index (χ1v) is 6.00. The molecular formula is C13H15F2N. The average Bonchev–Trinajstić information content (AvgIpc) is 2.93. The highest BCUT2D eigenvalue weighted by Gasteiger charge is 2.27. The molecule has 0 unspecified atom stereocenters. The Morgan fingerprint density at radius 1 is 1.12 bits per heavy atom. The lowest BCUT2D eigenvalue weighted by Crippen LogP contribution is -2.15. The number of benzene rings is 1. The molecule has 1 aromatic carbocycles. The van der Waals surface area contributed by atoms with Gasteiger partial charge < -0.3 is 5.32 Å². The van der Waals surface area contributed by atoms with E-state index in [0.717, 1.165) is 43.4 Å². The van der Waals surface area contributed by atoms with Crippen LogP contribution in [0, 0.1) is 11.6 Å². The molecule has 0 bridgehead atoms. The lowest BCUT2D eigenvalue weighted by Gasteiger charge is -2.16. The summed E-state index contributed by atoms with van der Waals surface area (Å²) in [5.41, 5.74) is 2.70.